The molecule has 0 spiro atoms. The molecule has 0 rings (SSSR count). The van der Waals surface area contributed by atoms with Gasteiger partial charge >= 0.3 is 0 Å². The van der Waals surface area contributed by atoms with Crippen molar-refractivity contribution in [3.63, 3.8) is 0 Å². The molecule has 0 N–H and O–H groups in total. The quantitative estimate of drug-likeness (QED) is 0.531. The summed E-state index contributed by atoms with van der Waals surface area (Å²) in [6.07, 6.45) is 2.61. The fraction of sp³-hybridized carbons (Fsp3) is 0.818. The van der Waals surface area contributed by atoms with Gasteiger partial charge in [-0.1, -0.05) is 32.4 Å². The van der Waals surface area contributed by atoms with E-state index >= 15 is 0 Å². The monoisotopic (exact) mass is 156 g/mol. The van der Waals surface area contributed by atoms with Gasteiger partial charge in [0.1, 0.15) is 0 Å². The second-order valence-corrected chi connectivity index (χ2v) is 3.71. The molecule has 11 heavy (non-hydrogen) atoms. The zero-order valence-electron chi connectivity index (χ0n) is 7.99. The molecule has 0 saturated carbocycles. The Morgan fingerprint density at radius 2 is 1.55 bits per heavy atom. The summed E-state index contributed by atoms with van der Waals surface area (Å²) in [4.78, 5) is 0. The summed E-state index contributed by atoms with van der Waals surface area (Å²) in [5, 5.41) is 0. The van der Waals surface area contributed by atoms with Crippen LogP contribution in [0.1, 0.15) is 54.9 Å². The second-order valence-electron chi connectivity index (χ2n) is 3.71. The molecule has 0 heteroatoms. The van der Waals surface area contributed by atoms with Gasteiger partial charge in [0.15, 0.2) is 0 Å². The number of hydrogen-bond donors (Lipinski definition) is 0. The Morgan fingerprint density at radius 3 is 1.82 bits per heavy atom. The third-order valence-electron chi connectivity index (χ3n) is 1.95. The lowest BCUT2D eigenvalue weighted by atomic mass is 10.0. The minimum atomic E-state index is 0. The largest absolute Gasteiger partial charge is 0.0776 e. The highest BCUT2D eigenvalue weighted by molar-refractivity contribution is 5.06. The molecule has 0 aromatic carbocycles. The van der Waals surface area contributed by atoms with Crippen molar-refractivity contribution in [1.82, 2.24) is 0 Å². The van der Waals surface area contributed by atoms with Crippen LogP contribution < -0.4 is 0 Å². The summed E-state index contributed by atoms with van der Waals surface area (Å²) < 4.78 is 0. The summed E-state index contributed by atoms with van der Waals surface area (Å²) in [7, 11) is 0. The van der Waals surface area contributed by atoms with Gasteiger partial charge in [-0.25, -0.2) is 0 Å². The first kappa shape index (κ1) is 13.3. The minimum absolute atomic E-state index is 0. The van der Waals surface area contributed by atoms with Crippen LogP contribution in [0.15, 0.2) is 11.1 Å². The molecule has 0 radical (unpaired) electrons. The Hall–Kier alpha value is -0.260. The van der Waals surface area contributed by atoms with Gasteiger partial charge in [-0.3, -0.25) is 0 Å². The van der Waals surface area contributed by atoms with Crippen molar-refractivity contribution in [3.05, 3.63) is 11.1 Å². The molecule has 0 aliphatic rings. The topological polar surface area (TPSA) is 0 Å². The van der Waals surface area contributed by atoms with E-state index in [1.54, 1.807) is 5.57 Å². The summed E-state index contributed by atoms with van der Waals surface area (Å²) in [6, 6.07) is 0. The van der Waals surface area contributed by atoms with Crippen molar-refractivity contribution < 1.29 is 0 Å². The van der Waals surface area contributed by atoms with Crippen molar-refractivity contribution in [1.29, 1.82) is 0 Å². The van der Waals surface area contributed by atoms with E-state index in [0.29, 0.717) is 0 Å². The van der Waals surface area contributed by atoms with Crippen LogP contribution in [0.3, 0.4) is 0 Å². The summed E-state index contributed by atoms with van der Waals surface area (Å²) in [5.41, 5.74) is 3.05. The van der Waals surface area contributed by atoms with Gasteiger partial charge < -0.3 is 0 Å². The molecule has 0 heterocycles. The molecule has 0 saturated heterocycles. The van der Waals surface area contributed by atoms with Gasteiger partial charge in [0.05, 0.1) is 0 Å². The molecule has 0 nitrogen and oxygen atoms in total. The SMILES string of the molecule is C.CC(C)=C(C)CCC(C)C. The Bertz CT molecular complexity index is 114. The molecule has 0 aliphatic heterocycles. The Balaban J connectivity index is 0. The van der Waals surface area contributed by atoms with Crippen LogP contribution in [0.5, 0.6) is 0 Å². The summed E-state index contributed by atoms with van der Waals surface area (Å²) in [5.74, 6) is 0.842. The fourth-order valence-corrected chi connectivity index (χ4v) is 0.755. The van der Waals surface area contributed by atoms with Gasteiger partial charge in [-0.05, 0) is 39.5 Å². The molecule has 0 unspecified atom stereocenters. The van der Waals surface area contributed by atoms with E-state index < -0.39 is 0 Å². The third-order valence-corrected chi connectivity index (χ3v) is 1.95. The van der Waals surface area contributed by atoms with E-state index in [0.717, 1.165) is 5.92 Å². The highest BCUT2D eigenvalue weighted by Crippen LogP contribution is 2.13. The average molecular weight is 156 g/mol. The first-order valence-corrected chi connectivity index (χ1v) is 4.17. The number of rotatable bonds is 3. The van der Waals surface area contributed by atoms with Crippen LogP contribution in [-0.4, -0.2) is 0 Å². The molecule has 0 fully saturated rings. The van der Waals surface area contributed by atoms with Gasteiger partial charge in [-0.15, -0.1) is 0 Å². The maximum Gasteiger partial charge on any atom is -0.0318 e. The maximum absolute atomic E-state index is 2.28. The van der Waals surface area contributed by atoms with Crippen molar-refractivity contribution in [2.75, 3.05) is 0 Å². The van der Waals surface area contributed by atoms with Crippen molar-refractivity contribution in [3.8, 4) is 0 Å². The van der Waals surface area contributed by atoms with Crippen LogP contribution in [0.4, 0.5) is 0 Å². The standard InChI is InChI=1S/C10H20.CH4/c1-8(2)6-7-10(5)9(3)4;/h8H,6-7H2,1-5H3;1H4. The highest BCUT2D eigenvalue weighted by Gasteiger charge is 1.95. The van der Waals surface area contributed by atoms with Gasteiger partial charge in [0.2, 0.25) is 0 Å². The minimum Gasteiger partial charge on any atom is -0.0776 e. The van der Waals surface area contributed by atoms with E-state index in [9.17, 15) is 0 Å². The Kier molecular flexibility index (Phi) is 7.82. The molecular weight excluding hydrogens is 132 g/mol. The maximum atomic E-state index is 2.28. The van der Waals surface area contributed by atoms with Crippen LogP contribution in [0, 0.1) is 5.92 Å². The smallest absolute Gasteiger partial charge is 0.0318 e. The van der Waals surface area contributed by atoms with Crippen LogP contribution >= 0.6 is 0 Å². The fourth-order valence-electron chi connectivity index (χ4n) is 0.755. The van der Waals surface area contributed by atoms with Gasteiger partial charge in [0, 0.05) is 0 Å². The third kappa shape index (κ3) is 7.64. The number of hydrogen-bond acceptors (Lipinski definition) is 0. The van der Waals surface area contributed by atoms with Crippen LogP contribution in [0.2, 0.25) is 0 Å². The van der Waals surface area contributed by atoms with Crippen molar-refractivity contribution in [2.45, 2.75) is 54.9 Å². The molecule has 0 amide bonds. The predicted molar refractivity (Wildman–Crippen MR) is 54.9 cm³/mol. The summed E-state index contributed by atoms with van der Waals surface area (Å²) in [6.45, 7) is 11.2. The van der Waals surface area contributed by atoms with E-state index in [1.807, 2.05) is 0 Å². The van der Waals surface area contributed by atoms with Gasteiger partial charge in [-0.2, -0.15) is 0 Å². The van der Waals surface area contributed by atoms with Crippen molar-refractivity contribution >= 4 is 0 Å². The second kappa shape index (κ2) is 6.45. The van der Waals surface area contributed by atoms with E-state index in [4.69, 9.17) is 0 Å². The molecule has 0 bridgehead atoms. The zero-order chi connectivity index (χ0) is 8.15. The highest BCUT2D eigenvalue weighted by atomic mass is 14.0. The van der Waals surface area contributed by atoms with Crippen LogP contribution in [-0.2, 0) is 0 Å². The van der Waals surface area contributed by atoms with E-state index in [-0.39, 0.29) is 7.43 Å². The van der Waals surface area contributed by atoms with Crippen LogP contribution in [0.25, 0.3) is 0 Å². The molecule has 0 atom stereocenters. The lowest BCUT2D eigenvalue weighted by Crippen LogP contribution is -1.88. The first-order chi connectivity index (χ1) is 4.54. The molecular formula is C11H24. The molecule has 0 aromatic heterocycles. The molecule has 68 valence electrons. The lowest BCUT2D eigenvalue weighted by molar-refractivity contribution is 0.583. The summed E-state index contributed by atoms with van der Waals surface area (Å²) >= 11 is 0. The zero-order valence-corrected chi connectivity index (χ0v) is 7.99. The Morgan fingerprint density at radius 1 is 1.09 bits per heavy atom. The van der Waals surface area contributed by atoms with E-state index in [2.05, 4.69) is 34.6 Å². The lowest BCUT2D eigenvalue weighted by Gasteiger charge is -2.05. The predicted octanol–water partition coefficient (Wildman–Crippen LogP) is 4.42. The van der Waals surface area contributed by atoms with E-state index in [1.165, 1.54) is 18.4 Å². The molecule has 0 aromatic rings. The first-order valence-electron chi connectivity index (χ1n) is 4.17. The van der Waals surface area contributed by atoms with Gasteiger partial charge in [0.25, 0.3) is 0 Å². The number of allylic oxidation sites excluding steroid dienone is 2. The molecule has 0 aliphatic carbocycles. The Labute approximate surface area is 72.7 Å². The normalized spacial score (nSPS) is 9.27. The van der Waals surface area contributed by atoms with Crippen molar-refractivity contribution in [2.24, 2.45) is 5.92 Å². The average Bonchev–Trinajstić information content (AvgIpc) is 1.82.